The molecule has 0 aliphatic rings. The summed E-state index contributed by atoms with van der Waals surface area (Å²) in [5.41, 5.74) is 0.674. The van der Waals surface area contributed by atoms with E-state index in [1.54, 1.807) is 18.4 Å². The molecule has 0 radical (unpaired) electrons. The average molecular weight is 399 g/mol. The maximum Gasteiger partial charge on any atom is 0.247 e. The van der Waals surface area contributed by atoms with Crippen LogP contribution in [0.25, 0.3) is 23.0 Å². The number of hydrogen-bond donors (Lipinski definition) is 0. The van der Waals surface area contributed by atoms with Gasteiger partial charge in [-0.1, -0.05) is 25.6 Å². The molecule has 0 aliphatic carbocycles. The highest BCUT2D eigenvalue weighted by Gasteiger charge is 2.18. The van der Waals surface area contributed by atoms with Crippen LogP contribution in [-0.2, 0) is 12.3 Å². The summed E-state index contributed by atoms with van der Waals surface area (Å²) in [7, 11) is 0. The molecule has 7 nitrogen and oxygen atoms in total. The van der Waals surface area contributed by atoms with E-state index in [2.05, 4.69) is 34.2 Å². The third-order valence-electron chi connectivity index (χ3n) is 3.89. The van der Waals surface area contributed by atoms with Crippen LogP contribution in [0.4, 0.5) is 4.39 Å². The topological polar surface area (TPSA) is 82.8 Å². The van der Waals surface area contributed by atoms with Crippen molar-refractivity contribution in [2.45, 2.75) is 31.3 Å². The van der Waals surface area contributed by atoms with Crippen molar-refractivity contribution in [1.29, 1.82) is 0 Å². The Hall–Kier alpha value is -2.94. The van der Waals surface area contributed by atoms with Crippen LogP contribution in [0.15, 0.2) is 56.7 Å². The highest BCUT2D eigenvalue weighted by molar-refractivity contribution is 7.98. The molecular formula is C19H18FN5O2S. The first kappa shape index (κ1) is 18.4. The Labute approximate surface area is 165 Å². The van der Waals surface area contributed by atoms with Crippen LogP contribution in [0.2, 0.25) is 0 Å². The van der Waals surface area contributed by atoms with E-state index in [0.717, 1.165) is 11.7 Å². The van der Waals surface area contributed by atoms with Crippen molar-refractivity contribution >= 4 is 11.8 Å². The fourth-order valence-electron chi connectivity index (χ4n) is 2.66. The van der Waals surface area contributed by atoms with Gasteiger partial charge in [-0.15, -0.1) is 20.4 Å². The van der Waals surface area contributed by atoms with Gasteiger partial charge in [-0.25, -0.2) is 4.39 Å². The van der Waals surface area contributed by atoms with Gasteiger partial charge in [0.2, 0.25) is 11.8 Å². The van der Waals surface area contributed by atoms with Crippen LogP contribution in [0.5, 0.6) is 0 Å². The SMILES string of the molecule is CC(C)Cn1c(SCc2nnc(-c3ccc(F)cc3)o2)nnc1-c1ccco1. The summed E-state index contributed by atoms with van der Waals surface area (Å²) < 4.78 is 26.3. The minimum absolute atomic E-state index is 0.309. The molecular weight excluding hydrogens is 381 g/mol. The number of halogens is 1. The zero-order chi connectivity index (χ0) is 19.5. The predicted octanol–water partition coefficient (Wildman–Crippen LogP) is 4.68. The molecule has 0 saturated carbocycles. The summed E-state index contributed by atoms with van der Waals surface area (Å²) >= 11 is 1.46. The van der Waals surface area contributed by atoms with E-state index in [1.165, 1.54) is 23.9 Å². The Balaban J connectivity index is 1.51. The summed E-state index contributed by atoms with van der Waals surface area (Å²) in [5, 5.41) is 17.4. The maximum atomic E-state index is 13.1. The second kappa shape index (κ2) is 7.97. The molecule has 0 fully saturated rings. The third-order valence-corrected chi connectivity index (χ3v) is 4.84. The quantitative estimate of drug-likeness (QED) is 0.417. The minimum Gasteiger partial charge on any atom is -0.461 e. The fourth-order valence-corrected chi connectivity index (χ4v) is 3.45. The standard InChI is InChI=1S/C19H18FN5O2S/c1-12(2)10-25-17(15-4-3-9-26-15)22-24-19(25)28-11-16-21-23-18(27-16)13-5-7-14(20)8-6-13/h3-9,12H,10-11H2,1-2H3. The average Bonchev–Trinajstić information content (AvgIpc) is 3.41. The lowest BCUT2D eigenvalue weighted by molar-refractivity contribution is 0.488. The number of hydrogen-bond acceptors (Lipinski definition) is 7. The first-order chi connectivity index (χ1) is 13.6. The molecule has 9 heteroatoms. The lowest BCUT2D eigenvalue weighted by atomic mass is 10.2. The Kier molecular flexibility index (Phi) is 5.25. The summed E-state index contributed by atoms with van der Waals surface area (Å²) in [6.07, 6.45) is 1.62. The summed E-state index contributed by atoms with van der Waals surface area (Å²) in [5.74, 6) is 2.74. The van der Waals surface area contributed by atoms with Gasteiger partial charge >= 0.3 is 0 Å². The molecule has 0 bridgehead atoms. The molecule has 0 spiro atoms. The van der Waals surface area contributed by atoms with E-state index in [1.807, 2.05) is 16.7 Å². The van der Waals surface area contributed by atoms with E-state index in [0.29, 0.717) is 40.6 Å². The number of benzene rings is 1. The summed E-state index contributed by atoms with van der Waals surface area (Å²) in [6, 6.07) is 9.62. The molecule has 1 aromatic carbocycles. The van der Waals surface area contributed by atoms with Crippen molar-refractivity contribution in [2.75, 3.05) is 0 Å². The van der Waals surface area contributed by atoms with Crippen molar-refractivity contribution in [1.82, 2.24) is 25.0 Å². The number of thioether (sulfide) groups is 1. The van der Waals surface area contributed by atoms with Crippen LogP contribution in [-0.4, -0.2) is 25.0 Å². The first-order valence-corrected chi connectivity index (χ1v) is 9.77. The molecule has 4 aromatic rings. The van der Waals surface area contributed by atoms with Crippen LogP contribution in [0.1, 0.15) is 19.7 Å². The van der Waals surface area contributed by atoms with Gasteiger partial charge in [0.1, 0.15) is 5.82 Å². The second-order valence-electron chi connectivity index (χ2n) is 6.58. The fraction of sp³-hybridized carbons (Fsp3) is 0.263. The van der Waals surface area contributed by atoms with Crippen molar-refractivity contribution in [2.24, 2.45) is 5.92 Å². The van der Waals surface area contributed by atoms with Crippen LogP contribution >= 0.6 is 11.8 Å². The monoisotopic (exact) mass is 399 g/mol. The zero-order valence-corrected chi connectivity index (χ0v) is 16.2. The largest absolute Gasteiger partial charge is 0.461 e. The van der Waals surface area contributed by atoms with Crippen molar-refractivity contribution in [3.05, 3.63) is 54.4 Å². The lowest BCUT2D eigenvalue weighted by Crippen LogP contribution is -2.07. The third kappa shape index (κ3) is 3.99. The maximum absolute atomic E-state index is 13.1. The molecule has 28 heavy (non-hydrogen) atoms. The highest BCUT2D eigenvalue weighted by atomic mass is 32.2. The van der Waals surface area contributed by atoms with E-state index < -0.39 is 0 Å². The van der Waals surface area contributed by atoms with Gasteiger partial charge < -0.3 is 8.83 Å². The number of rotatable bonds is 7. The molecule has 0 atom stereocenters. The second-order valence-corrected chi connectivity index (χ2v) is 7.53. The smallest absolute Gasteiger partial charge is 0.247 e. The minimum atomic E-state index is -0.309. The van der Waals surface area contributed by atoms with Gasteiger partial charge in [0.05, 0.1) is 12.0 Å². The molecule has 0 N–H and O–H groups in total. The normalized spacial score (nSPS) is 11.4. The van der Waals surface area contributed by atoms with Gasteiger partial charge in [-0.3, -0.25) is 4.57 Å². The summed E-state index contributed by atoms with van der Waals surface area (Å²) in [4.78, 5) is 0. The van der Waals surface area contributed by atoms with Crippen LogP contribution < -0.4 is 0 Å². The molecule has 0 amide bonds. The van der Waals surface area contributed by atoms with Gasteiger partial charge in [0, 0.05) is 12.1 Å². The van der Waals surface area contributed by atoms with Gasteiger partial charge in [-0.2, -0.15) is 0 Å². The number of furan rings is 1. The van der Waals surface area contributed by atoms with Gasteiger partial charge in [0.15, 0.2) is 16.7 Å². The molecule has 0 saturated heterocycles. The molecule has 3 heterocycles. The van der Waals surface area contributed by atoms with Crippen LogP contribution in [0, 0.1) is 11.7 Å². The number of nitrogens with zero attached hydrogens (tertiary/aromatic N) is 5. The predicted molar refractivity (Wildman–Crippen MR) is 102 cm³/mol. The molecule has 3 aromatic heterocycles. The van der Waals surface area contributed by atoms with Crippen molar-refractivity contribution in [3.8, 4) is 23.0 Å². The van der Waals surface area contributed by atoms with E-state index in [-0.39, 0.29) is 5.82 Å². The van der Waals surface area contributed by atoms with E-state index in [4.69, 9.17) is 8.83 Å². The van der Waals surface area contributed by atoms with Gasteiger partial charge in [0.25, 0.3) is 0 Å². The highest BCUT2D eigenvalue weighted by Crippen LogP contribution is 2.28. The number of aromatic nitrogens is 5. The van der Waals surface area contributed by atoms with Crippen LogP contribution in [0.3, 0.4) is 0 Å². The first-order valence-electron chi connectivity index (χ1n) is 8.78. The van der Waals surface area contributed by atoms with E-state index in [9.17, 15) is 4.39 Å². The molecule has 4 rings (SSSR count). The summed E-state index contributed by atoms with van der Waals surface area (Å²) in [6.45, 7) is 5.02. The van der Waals surface area contributed by atoms with Crippen molar-refractivity contribution in [3.63, 3.8) is 0 Å². The molecule has 0 unspecified atom stereocenters. The molecule has 0 aliphatic heterocycles. The van der Waals surface area contributed by atoms with E-state index >= 15 is 0 Å². The van der Waals surface area contributed by atoms with Gasteiger partial charge in [-0.05, 0) is 42.3 Å². The Morgan fingerprint density at radius 3 is 2.61 bits per heavy atom. The zero-order valence-electron chi connectivity index (χ0n) is 15.4. The van der Waals surface area contributed by atoms with Crippen molar-refractivity contribution < 1.29 is 13.2 Å². The Bertz CT molecular complexity index is 1040. The Morgan fingerprint density at radius 1 is 1.07 bits per heavy atom. The lowest BCUT2D eigenvalue weighted by Gasteiger charge is -2.10. The molecule has 144 valence electrons. The Morgan fingerprint density at radius 2 is 1.89 bits per heavy atom.